The largest absolute Gasteiger partial charge is 0.377 e. The lowest BCUT2D eigenvalue weighted by molar-refractivity contribution is -0.152. The fraction of sp³-hybridized carbons (Fsp3) is 0.588. The second-order valence-corrected chi connectivity index (χ2v) is 5.89. The minimum atomic E-state index is -0.00241. The average Bonchev–Trinajstić information content (AvgIpc) is 2.48. The normalized spacial score (nSPS) is 27.1. The summed E-state index contributed by atoms with van der Waals surface area (Å²) >= 11 is 0. The Kier molecular flexibility index (Phi) is 4.06. The van der Waals surface area contributed by atoms with E-state index in [1.807, 2.05) is 18.2 Å². The molecule has 1 amide bonds. The van der Waals surface area contributed by atoms with Gasteiger partial charge in [-0.1, -0.05) is 37.3 Å². The number of ether oxygens (including phenoxy) is 1. The highest BCUT2D eigenvalue weighted by atomic mass is 16.5. The van der Waals surface area contributed by atoms with Gasteiger partial charge >= 0.3 is 0 Å². The lowest BCUT2D eigenvalue weighted by Crippen LogP contribution is -2.58. The van der Waals surface area contributed by atoms with E-state index < -0.39 is 0 Å². The molecule has 0 spiro atoms. The highest BCUT2D eigenvalue weighted by molar-refractivity contribution is 5.84. The van der Waals surface area contributed by atoms with Crippen molar-refractivity contribution in [1.82, 2.24) is 4.90 Å². The molecule has 2 aliphatic rings. The van der Waals surface area contributed by atoms with Crippen molar-refractivity contribution in [2.45, 2.75) is 50.6 Å². The topological polar surface area (TPSA) is 29.5 Å². The summed E-state index contributed by atoms with van der Waals surface area (Å²) in [5, 5.41) is 0. The van der Waals surface area contributed by atoms with Gasteiger partial charge in [-0.25, -0.2) is 0 Å². The van der Waals surface area contributed by atoms with E-state index in [1.165, 1.54) is 6.42 Å². The zero-order valence-electron chi connectivity index (χ0n) is 12.1. The molecule has 0 unspecified atom stereocenters. The summed E-state index contributed by atoms with van der Waals surface area (Å²) in [6.07, 6.45) is 4.27. The second kappa shape index (κ2) is 5.96. The summed E-state index contributed by atoms with van der Waals surface area (Å²) in [6.45, 7) is 3.53. The van der Waals surface area contributed by atoms with Gasteiger partial charge in [-0.05, 0) is 31.2 Å². The molecule has 2 heterocycles. The zero-order chi connectivity index (χ0) is 13.9. The smallest absolute Gasteiger partial charge is 0.230 e. The van der Waals surface area contributed by atoms with E-state index in [1.54, 1.807) is 0 Å². The maximum atomic E-state index is 13.0. The summed E-state index contributed by atoms with van der Waals surface area (Å²) in [4.78, 5) is 15.2. The Morgan fingerprint density at radius 2 is 1.90 bits per heavy atom. The summed E-state index contributed by atoms with van der Waals surface area (Å²) in [5.74, 6) is 0.300. The fourth-order valence-electron chi connectivity index (χ4n) is 3.61. The van der Waals surface area contributed by atoms with Crippen LogP contribution in [0, 0.1) is 0 Å². The number of carbonyl (C=O) groups is 1. The predicted molar refractivity (Wildman–Crippen MR) is 78.6 cm³/mol. The van der Waals surface area contributed by atoms with Crippen molar-refractivity contribution < 1.29 is 9.53 Å². The van der Waals surface area contributed by atoms with Crippen molar-refractivity contribution in [2.24, 2.45) is 0 Å². The molecule has 2 aliphatic heterocycles. The van der Waals surface area contributed by atoms with Crippen LogP contribution in [0.1, 0.15) is 44.1 Å². The molecule has 0 radical (unpaired) electrons. The van der Waals surface area contributed by atoms with E-state index in [4.69, 9.17) is 4.74 Å². The third-order valence-electron chi connectivity index (χ3n) is 4.64. The minimum Gasteiger partial charge on any atom is -0.377 e. The Balaban J connectivity index is 1.83. The average molecular weight is 273 g/mol. The van der Waals surface area contributed by atoms with Gasteiger partial charge in [-0.3, -0.25) is 4.79 Å². The van der Waals surface area contributed by atoms with Gasteiger partial charge in [0.1, 0.15) is 0 Å². The Morgan fingerprint density at radius 3 is 2.50 bits per heavy atom. The van der Waals surface area contributed by atoms with Crippen LogP contribution in [0.15, 0.2) is 30.3 Å². The molecule has 1 aromatic rings. The van der Waals surface area contributed by atoms with Gasteiger partial charge < -0.3 is 9.64 Å². The monoisotopic (exact) mass is 273 g/mol. The number of piperidine rings is 1. The molecule has 2 bridgehead atoms. The van der Waals surface area contributed by atoms with Gasteiger partial charge in [0, 0.05) is 0 Å². The molecule has 3 rings (SSSR count). The zero-order valence-corrected chi connectivity index (χ0v) is 12.1. The van der Waals surface area contributed by atoms with Crippen molar-refractivity contribution in [1.29, 1.82) is 0 Å². The molecule has 3 heteroatoms. The summed E-state index contributed by atoms with van der Waals surface area (Å²) in [6, 6.07) is 10.8. The number of rotatable bonds is 3. The molecule has 3 atom stereocenters. The van der Waals surface area contributed by atoms with Crippen LogP contribution in [0.3, 0.4) is 0 Å². The lowest BCUT2D eigenvalue weighted by Gasteiger charge is -2.47. The van der Waals surface area contributed by atoms with Gasteiger partial charge in [0.25, 0.3) is 0 Å². The quantitative estimate of drug-likeness (QED) is 0.847. The highest BCUT2D eigenvalue weighted by Crippen LogP contribution is 2.32. The standard InChI is InChI=1S/C17H23NO2/c1-2-16(13-7-4-3-5-8-13)17(19)18-14-9-6-10-15(18)12-20-11-14/h3-5,7-8,14-16H,2,6,9-12H2,1H3/t14-,15+,16-/m0/s1. The van der Waals surface area contributed by atoms with E-state index in [0.29, 0.717) is 31.2 Å². The van der Waals surface area contributed by atoms with Crippen LogP contribution < -0.4 is 0 Å². The molecule has 0 N–H and O–H groups in total. The molecule has 2 saturated heterocycles. The summed E-state index contributed by atoms with van der Waals surface area (Å²) in [7, 11) is 0. The molecule has 1 aromatic carbocycles. The highest BCUT2D eigenvalue weighted by Gasteiger charge is 2.39. The van der Waals surface area contributed by atoms with Gasteiger partial charge in [0.2, 0.25) is 5.91 Å². The number of benzene rings is 1. The van der Waals surface area contributed by atoms with Crippen molar-refractivity contribution in [3.63, 3.8) is 0 Å². The van der Waals surface area contributed by atoms with Crippen molar-refractivity contribution in [2.75, 3.05) is 13.2 Å². The molecule has 0 aromatic heterocycles. The number of carbonyl (C=O) groups excluding carboxylic acids is 1. The Bertz CT molecular complexity index is 437. The third kappa shape index (κ3) is 2.47. The molecule has 20 heavy (non-hydrogen) atoms. The molecule has 2 fully saturated rings. The van der Waals surface area contributed by atoms with Crippen molar-refractivity contribution in [3.05, 3.63) is 35.9 Å². The Hall–Kier alpha value is -1.35. The molecular formula is C17H23NO2. The van der Waals surface area contributed by atoms with Crippen LogP contribution in [-0.4, -0.2) is 36.1 Å². The Morgan fingerprint density at radius 1 is 1.25 bits per heavy atom. The summed E-state index contributed by atoms with van der Waals surface area (Å²) in [5.41, 5.74) is 1.14. The number of fused-ring (bicyclic) bond motifs is 2. The summed E-state index contributed by atoms with van der Waals surface area (Å²) < 4.78 is 5.64. The number of nitrogens with zero attached hydrogens (tertiary/aromatic N) is 1. The molecular weight excluding hydrogens is 250 g/mol. The first-order valence-corrected chi connectivity index (χ1v) is 7.76. The number of amides is 1. The minimum absolute atomic E-state index is 0.00241. The molecule has 108 valence electrons. The maximum Gasteiger partial charge on any atom is 0.230 e. The third-order valence-corrected chi connectivity index (χ3v) is 4.64. The van der Waals surface area contributed by atoms with E-state index in [2.05, 4.69) is 24.0 Å². The molecule has 0 saturated carbocycles. The first kappa shape index (κ1) is 13.6. The maximum absolute atomic E-state index is 13.0. The van der Waals surface area contributed by atoms with Gasteiger partial charge in [0.05, 0.1) is 31.2 Å². The van der Waals surface area contributed by atoms with E-state index in [0.717, 1.165) is 24.8 Å². The number of hydrogen-bond acceptors (Lipinski definition) is 2. The fourth-order valence-corrected chi connectivity index (χ4v) is 3.61. The van der Waals surface area contributed by atoms with Crippen LogP contribution in [0.5, 0.6) is 0 Å². The van der Waals surface area contributed by atoms with Gasteiger partial charge in [-0.2, -0.15) is 0 Å². The molecule has 3 nitrogen and oxygen atoms in total. The van der Waals surface area contributed by atoms with Crippen LogP contribution >= 0.6 is 0 Å². The van der Waals surface area contributed by atoms with Gasteiger partial charge in [-0.15, -0.1) is 0 Å². The first-order chi connectivity index (χ1) is 9.81. The number of morpholine rings is 1. The van der Waals surface area contributed by atoms with Crippen molar-refractivity contribution >= 4 is 5.91 Å². The van der Waals surface area contributed by atoms with Crippen LogP contribution in [-0.2, 0) is 9.53 Å². The molecule has 0 aliphatic carbocycles. The first-order valence-electron chi connectivity index (χ1n) is 7.76. The second-order valence-electron chi connectivity index (χ2n) is 5.89. The van der Waals surface area contributed by atoms with Crippen molar-refractivity contribution in [3.8, 4) is 0 Å². The van der Waals surface area contributed by atoms with E-state index >= 15 is 0 Å². The van der Waals surface area contributed by atoms with E-state index in [9.17, 15) is 4.79 Å². The van der Waals surface area contributed by atoms with Crippen LogP contribution in [0.25, 0.3) is 0 Å². The number of hydrogen-bond donors (Lipinski definition) is 0. The van der Waals surface area contributed by atoms with Crippen LogP contribution in [0.2, 0.25) is 0 Å². The van der Waals surface area contributed by atoms with E-state index in [-0.39, 0.29) is 5.92 Å². The van der Waals surface area contributed by atoms with Gasteiger partial charge in [0.15, 0.2) is 0 Å². The van der Waals surface area contributed by atoms with Crippen LogP contribution in [0.4, 0.5) is 0 Å². The SMILES string of the molecule is CC[C@H](C(=O)N1[C@@H]2CCC[C@H]1COC2)c1ccccc1. The predicted octanol–water partition coefficient (Wildman–Crippen LogP) is 2.96. The lowest BCUT2D eigenvalue weighted by atomic mass is 9.89. The Labute approximate surface area is 120 Å².